The Morgan fingerprint density at radius 1 is 1.00 bits per heavy atom. The van der Waals surface area contributed by atoms with Crippen molar-refractivity contribution in [2.75, 3.05) is 38.6 Å². The molecule has 2 aliphatic rings. The van der Waals surface area contributed by atoms with E-state index in [1.54, 1.807) is 19.5 Å². The first-order valence-corrected chi connectivity index (χ1v) is 12.9. The highest BCUT2D eigenvalue weighted by Crippen LogP contribution is 2.41. The number of likely N-dealkylation sites (tertiary alicyclic amines) is 2. The molecule has 1 N–H and O–H groups in total. The normalized spacial score (nSPS) is 16.7. The highest BCUT2D eigenvalue weighted by atomic mass is 16.5. The number of ether oxygens (including phenoxy) is 1. The molecular formula is C29H35N5O3. The van der Waals surface area contributed by atoms with Crippen LogP contribution in [0.25, 0.3) is 0 Å². The average molecular weight is 502 g/mol. The molecule has 3 aromatic rings. The highest BCUT2D eigenvalue weighted by molar-refractivity contribution is 5.96. The van der Waals surface area contributed by atoms with Gasteiger partial charge in [-0.1, -0.05) is 12.1 Å². The van der Waals surface area contributed by atoms with Crippen molar-refractivity contribution < 1.29 is 14.3 Å². The maximum atomic E-state index is 13.6. The van der Waals surface area contributed by atoms with Crippen molar-refractivity contribution in [2.45, 2.75) is 39.7 Å². The van der Waals surface area contributed by atoms with E-state index >= 15 is 0 Å². The third kappa shape index (κ3) is 5.05. The Morgan fingerprint density at radius 2 is 1.68 bits per heavy atom. The van der Waals surface area contributed by atoms with E-state index in [2.05, 4.69) is 21.8 Å². The molecule has 0 unspecified atom stereocenters. The molecule has 194 valence electrons. The Labute approximate surface area is 218 Å². The van der Waals surface area contributed by atoms with Crippen molar-refractivity contribution in [3.05, 3.63) is 77.4 Å². The van der Waals surface area contributed by atoms with Crippen LogP contribution in [0.2, 0.25) is 0 Å². The molecule has 0 bridgehead atoms. The Kier molecular flexibility index (Phi) is 6.91. The molecule has 0 aliphatic carbocycles. The standard InChI is InChI=1S/C29H35N5O3/c1-21-18-24(22(2)34(21)19-23-8-13-30-14-9-23)27(35)33-17-12-29(20-33)10-15-32(16-11-29)28(36)31-25-6-4-5-7-26(25)37-3/h4-9,13-14,18H,10-12,15-17,19-20H2,1-3H3,(H,31,36). The molecule has 8 nitrogen and oxygen atoms in total. The van der Waals surface area contributed by atoms with E-state index in [-0.39, 0.29) is 17.4 Å². The number of anilines is 1. The van der Waals surface area contributed by atoms with Crippen LogP contribution < -0.4 is 10.1 Å². The lowest BCUT2D eigenvalue weighted by molar-refractivity contribution is 0.0738. The molecule has 0 radical (unpaired) electrons. The molecule has 0 saturated carbocycles. The molecule has 4 heterocycles. The van der Waals surface area contributed by atoms with E-state index in [0.29, 0.717) is 24.5 Å². The van der Waals surface area contributed by atoms with E-state index in [1.165, 1.54) is 0 Å². The van der Waals surface area contributed by atoms with Gasteiger partial charge in [-0.25, -0.2) is 4.79 Å². The zero-order valence-electron chi connectivity index (χ0n) is 21.9. The van der Waals surface area contributed by atoms with Crippen LogP contribution in [0, 0.1) is 19.3 Å². The molecule has 37 heavy (non-hydrogen) atoms. The number of carbonyl (C=O) groups excluding carboxylic acids is 2. The zero-order chi connectivity index (χ0) is 26.0. The predicted octanol–water partition coefficient (Wildman–Crippen LogP) is 4.72. The lowest BCUT2D eigenvalue weighted by atomic mass is 9.78. The Hall–Kier alpha value is -3.81. The van der Waals surface area contributed by atoms with Crippen LogP contribution in [0.3, 0.4) is 0 Å². The van der Waals surface area contributed by atoms with Crippen LogP contribution >= 0.6 is 0 Å². The van der Waals surface area contributed by atoms with Crippen molar-refractivity contribution in [2.24, 2.45) is 5.41 Å². The number of amides is 3. The molecule has 2 fully saturated rings. The van der Waals surface area contributed by atoms with E-state index in [9.17, 15) is 9.59 Å². The molecule has 1 spiro atoms. The highest BCUT2D eigenvalue weighted by Gasteiger charge is 2.43. The molecular weight excluding hydrogens is 466 g/mol. The van der Waals surface area contributed by atoms with E-state index in [4.69, 9.17) is 4.74 Å². The summed E-state index contributed by atoms with van der Waals surface area (Å²) in [6.07, 6.45) is 6.38. The van der Waals surface area contributed by atoms with Crippen molar-refractivity contribution >= 4 is 17.6 Å². The van der Waals surface area contributed by atoms with Gasteiger partial charge in [0.1, 0.15) is 5.75 Å². The summed E-state index contributed by atoms with van der Waals surface area (Å²) >= 11 is 0. The van der Waals surface area contributed by atoms with Crippen molar-refractivity contribution in [3.8, 4) is 5.75 Å². The summed E-state index contributed by atoms with van der Waals surface area (Å²) < 4.78 is 7.55. The topological polar surface area (TPSA) is 79.7 Å². The van der Waals surface area contributed by atoms with Crippen molar-refractivity contribution in [1.82, 2.24) is 19.4 Å². The second kappa shape index (κ2) is 10.3. The number of nitrogens with zero attached hydrogens (tertiary/aromatic N) is 4. The van der Waals surface area contributed by atoms with Gasteiger partial charge in [-0.3, -0.25) is 9.78 Å². The van der Waals surface area contributed by atoms with E-state index in [1.807, 2.05) is 59.2 Å². The number of aromatic nitrogens is 2. The number of methoxy groups -OCH3 is 1. The van der Waals surface area contributed by atoms with Gasteiger partial charge in [-0.2, -0.15) is 0 Å². The second-order valence-corrected chi connectivity index (χ2v) is 10.3. The average Bonchev–Trinajstić information content (AvgIpc) is 3.45. The fraction of sp³-hybridized carbons (Fsp3) is 0.414. The number of rotatable bonds is 5. The molecule has 2 aliphatic heterocycles. The van der Waals surface area contributed by atoms with Crippen molar-refractivity contribution in [3.63, 3.8) is 0 Å². The summed E-state index contributed by atoms with van der Waals surface area (Å²) in [5, 5.41) is 2.98. The van der Waals surface area contributed by atoms with Gasteiger partial charge in [0.25, 0.3) is 5.91 Å². The smallest absolute Gasteiger partial charge is 0.321 e. The molecule has 8 heteroatoms. The summed E-state index contributed by atoms with van der Waals surface area (Å²) in [4.78, 5) is 34.4. The molecule has 5 rings (SSSR count). The van der Waals surface area contributed by atoms with Crippen LogP contribution in [0.5, 0.6) is 5.75 Å². The fourth-order valence-electron chi connectivity index (χ4n) is 5.74. The maximum Gasteiger partial charge on any atom is 0.321 e. The third-order valence-corrected chi connectivity index (χ3v) is 8.08. The lowest BCUT2D eigenvalue weighted by Crippen LogP contribution is -2.46. The first-order chi connectivity index (χ1) is 17.9. The van der Waals surface area contributed by atoms with Gasteiger partial charge in [0, 0.05) is 56.5 Å². The molecule has 0 atom stereocenters. The minimum atomic E-state index is -0.105. The third-order valence-electron chi connectivity index (χ3n) is 8.08. The van der Waals surface area contributed by atoms with E-state index < -0.39 is 0 Å². The zero-order valence-corrected chi connectivity index (χ0v) is 21.9. The number of benzene rings is 1. The number of carbonyl (C=O) groups is 2. The SMILES string of the molecule is COc1ccccc1NC(=O)N1CCC2(CC1)CCN(C(=O)c1cc(C)n(Cc3ccncc3)c1C)C2. The number of piperidine rings is 1. The van der Waals surface area contributed by atoms with Gasteiger partial charge in [0.15, 0.2) is 0 Å². The first kappa shape index (κ1) is 24.9. The first-order valence-electron chi connectivity index (χ1n) is 12.9. The minimum absolute atomic E-state index is 0.0828. The quantitative estimate of drug-likeness (QED) is 0.549. The summed E-state index contributed by atoms with van der Waals surface area (Å²) in [5.41, 5.74) is 4.80. The Balaban J connectivity index is 1.20. The largest absolute Gasteiger partial charge is 0.495 e. The monoisotopic (exact) mass is 501 g/mol. The maximum absolute atomic E-state index is 13.6. The fourth-order valence-corrected chi connectivity index (χ4v) is 5.74. The number of hydrogen-bond donors (Lipinski definition) is 1. The van der Waals surface area contributed by atoms with Gasteiger partial charge in [0.2, 0.25) is 0 Å². The number of para-hydroxylation sites is 2. The van der Waals surface area contributed by atoms with Gasteiger partial charge in [-0.05, 0) is 74.4 Å². The van der Waals surface area contributed by atoms with Crippen LogP contribution in [-0.2, 0) is 6.54 Å². The molecule has 1 aromatic carbocycles. The van der Waals surface area contributed by atoms with Crippen LogP contribution in [0.4, 0.5) is 10.5 Å². The van der Waals surface area contributed by atoms with Gasteiger partial charge < -0.3 is 24.4 Å². The summed E-state index contributed by atoms with van der Waals surface area (Å²) in [7, 11) is 1.60. The van der Waals surface area contributed by atoms with Crippen LogP contribution in [-0.4, -0.2) is 64.6 Å². The second-order valence-electron chi connectivity index (χ2n) is 10.3. The molecule has 3 amide bonds. The van der Waals surface area contributed by atoms with Gasteiger partial charge in [0.05, 0.1) is 18.4 Å². The number of pyridine rings is 1. The predicted molar refractivity (Wildman–Crippen MR) is 143 cm³/mol. The summed E-state index contributed by atoms with van der Waals surface area (Å²) in [5.74, 6) is 0.761. The molecule has 2 aromatic heterocycles. The Morgan fingerprint density at radius 3 is 2.38 bits per heavy atom. The number of hydrogen-bond acceptors (Lipinski definition) is 4. The Bertz CT molecular complexity index is 1280. The minimum Gasteiger partial charge on any atom is -0.495 e. The number of urea groups is 1. The number of nitrogens with one attached hydrogen (secondary N) is 1. The number of aryl methyl sites for hydroxylation is 1. The summed E-state index contributed by atoms with van der Waals surface area (Å²) in [6.45, 7) is 7.70. The van der Waals surface area contributed by atoms with E-state index in [0.717, 1.165) is 61.4 Å². The lowest BCUT2D eigenvalue weighted by Gasteiger charge is -2.39. The van der Waals surface area contributed by atoms with Gasteiger partial charge in [-0.15, -0.1) is 0 Å². The summed E-state index contributed by atoms with van der Waals surface area (Å²) in [6, 6.07) is 13.4. The molecule has 2 saturated heterocycles. The van der Waals surface area contributed by atoms with Crippen molar-refractivity contribution in [1.29, 1.82) is 0 Å². The van der Waals surface area contributed by atoms with Crippen LogP contribution in [0.1, 0.15) is 46.6 Å². The van der Waals surface area contributed by atoms with Gasteiger partial charge >= 0.3 is 6.03 Å². The van der Waals surface area contributed by atoms with Crippen LogP contribution in [0.15, 0.2) is 54.9 Å².